The topological polar surface area (TPSA) is 55.4 Å². The normalized spacial score (nSPS) is 13.1. The maximum absolute atomic E-state index is 12.4. The van der Waals surface area contributed by atoms with Gasteiger partial charge in [0.05, 0.1) is 6.04 Å². The Kier molecular flexibility index (Phi) is 5.89. The zero-order chi connectivity index (χ0) is 11.9. The fraction of sp³-hybridized carbons (Fsp3) is 0.800. The molecule has 0 aromatic rings. The predicted molar refractivity (Wildman–Crippen MR) is 54.4 cm³/mol. The van der Waals surface area contributed by atoms with Gasteiger partial charge in [-0.3, -0.25) is 0 Å². The third kappa shape index (κ3) is 7.90. The van der Waals surface area contributed by atoms with Gasteiger partial charge in [-0.2, -0.15) is 0 Å². The number of hydrogen-bond acceptors (Lipinski definition) is 3. The summed E-state index contributed by atoms with van der Waals surface area (Å²) in [6.45, 7) is 4.47. The van der Waals surface area contributed by atoms with E-state index in [0.717, 1.165) is 0 Å². The minimum Gasteiger partial charge on any atom is -0.444 e. The molecule has 0 heterocycles. The van der Waals surface area contributed by atoms with Crippen molar-refractivity contribution >= 4 is 12.4 Å². The summed E-state index contributed by atoms with van der Waals surface area (Å²) in [5.74, 6) is 0. The third-order valence-corrected chi connectivity index (χ3v) is 1.54. The molecule has 15 heavy (non-hydrogen) atoms. The van der Waals surface area contributed by atoms with Gasteiger partial charge in [0.15, 0.2) is 0 Å². The van der Waals surface area contributed by atoms with Crippen molar-refractivity contribution in [3.05, 3.63) is 0 Å². The molecular formula is C10H18FNO3. The molecule has 0 aliphatic rings. The Balaban J connectivity index is 3.95. The SMILES string of the molecule is CC(C)(C)OC(=O)NC(CF)CCC=O. The summed E-state index contributed by atoms with van der Waals surface area (Å²) < 4.78 is 17.3. The fourth-order valence-corrected chi connectivity index (χ4v) is 0.931. The van der Waals surface area contributed by atoms with E-state index in [2.05, 4.69) is 5.32 Å². The van der Waals surface area contributed by atoms with Crippen molar-refractivity contribution in [2.24, 2.45) is 0 Å². The minimum absolute atomic E-state index is 0.227. The van der Waals surface area contributed by atoms with E-state index in [1.165, 1.54) is 0 Å². The van der Waals surface area contributed by atoms with Gasteiger partial charge in [-0.1, -0.05) is 0 Å². The first-order valence-corrected chi connectivity index (χ1v) is 4.88. The van der Waals surface area contributed by atoms with E-state index in [1.54, 1.807) is 20.8 Å². The second-order valence-electron chi connectivity index (χ2n) is 4.24. The van der Waals surface area contributed by atoms with Gasteiger partial charge >= 0.3 is 6.09 Å². The van der Waals surface area contributed by atoms with Crippen LogP contribution in [0.15, 0.2) is 0 Å². The van der Waals surface area contributed by atoms with Gasteiger partial charge in [-0.15, -0.1) is 0 Å². The first-order valence-electron chi connectivity index (χ1n) is 4.88. The number of ether oxygens (including phenoxy) is 1. The largest absolute Gasteiger partial charge is 0.444 e. The molecule has 1 amide bonds. The fourth-order valence-electron chi connectivity index (χ4n) is 0.931. The number of rotatable bonds is 5. The number of aldehydes is 1. The van der Waals surface area contributed by atoms with E-state index in [4.69, 9.17) is 4.74 Å². The van der Waals surface area contributed by atoms with Gasteiger partial charge in [0.25, 0.3) is 0 Å². The molecule has 0 aromatic carbocycles. The van der Waals surface area contributed by atoms with Crippen molar-refractivity contribution in [1.82, 2.24) is 5.32 Å². The second kappa shape index (κ2) is 6.37. The van der Waals surface area contributed by atoms with Gasteiger partial charge < -0.3 is 14.8 Å². The summed E-state index contributed by atoms with van der Waals surface area (Å²) in [6.07, 6.45) is 0.555. The number of carbonyl (C=O) groups is 2. The lowest BCUT2D eigenvalue weighted by molar-refractivity contribution is -0.108. The Labute approximate surface area is 89.2 Å². The van der Waals surface area contributed by atoms with Crippen molar-refractivity contribution in [3.8, 4) is 0 Å². The van der Waals surface area contributed by atoms with Crippen molar-refractivity contribution in [3.63, 3.8) is 0 Å². The number of alkyl halides is 1. The maximum Gasteiger partial charge on any atom is 0.407 e. The molecule has 0 bridgehead atoms. The lowest BCUT2D eigenvalue weighted by atomic mass is 10.2. The molecule has 5 heteroatoms. The average Bonchev–Trinajstić information content (AvgIpc) is 2.09. The lowest BCUT2D eigenvalue weighted by Gasteiger charge is -2.22. The highest BCUT2D eigenvalue weighted by Gasteiger charge is 2.19. The van der Waals surface area contributed by atoms with Crippen LogP contribution in [-0.2, 0) is 9.53 Å². The molecule has 0 saturated carbocycles. The molecule has 0 rings (SSSR count). The van der Waals surface area contributed by atoms with Crippen molar-refractivity contribution in [2.45, 2.75) is 45.3 Å². The molecule has 0 aromatic heterocycles. The van der Waals surface area contributed by atoms with Gasteiger partial charge in [-0.25, -0.2) is 9.18 Å². The summed E-state index contributed by atoms with van der Waals surface area (Å²) in [5, 5.41) is 2.36. The number of halogens is 1. The van der Waals surface area contributed by atoms with Gasteiger partial charge in [0, 0.05) is 6.42 Å². The van der Waals surface area contributed by atoms with Crippen molar-refractivity contribution in [1.29, 1.82) is 0 Å². The highest BCUT2D eigenvalue weighted by Crippen LogP contribution is 2.07. The molecule has 0 spiro atoms. The number of hydrogen-bond donors (Lipinski definition) is 1. The van der Waals surface area contributed by atoms with E-state index >= 15 is 0 Å². The molecule has 0 fully saturated rings. The molecule has 0 radical (unpaired) electrons. The monoisotopic (exact) mass is 219 g/mol. The standard InChI is InChI=1S/C10H18FNO3/c1-10(2,3)15-9(14)12-8(7-11)5-4-6-13/h6,8H,4-5,7H2,1-3H3,(H,12,14). The van der Waals surface area contributed by atoms with Crippen LogP contribution in [0.1, 0.15) is 33.6 Å². The second-order valence-corrected chi connectivity index (χ2v) is 4.24. The number of alkyl carbamates (subject to hydrolysis) is 1. The molecule has 1 unspecified atom stereocenters. The van der Waals surface area contributed by atoms with Crippen LogP contribution in [0, 0.1) is 0 Å². The Morgan fingerprint density at radius 3 is 2.53 bits per heavy atom. The zero-order valence-corrected chi connectivity index (χ0v) is 9.38. The quantitative estimate of drug-likeness (QED) is 0.718. The summed E-state index contributed by atoms with van der Waals surface area (Å²) in [5.41, 5.74) is -0.602. The van der Waals surface area contributed by atoms with Gasteiger partial charge in [0.1, 0.15) is 18.6 Å². The summed E-state index contributed by atoms with van der Waals surface area (Å²) >= 11 is 0. The highest BCUT2D eigenvalue weighted by atomic mass is 19.1. The van der Waals surface area contributed by atoms with E-state index in [1.807, 2.05) is 0 Å². The summed E-state index contributed by atoms with van der Waals surface area (Å²) in [7, 11) is 0. The summed E-state index contributed by atoms with van der Waals surface area (Å²) in [4.78, 5) is 21.3. The van der Waals surface area contributed by atoms with Crippen molar-refractivity contribution in [2.75, 3.05) is 6.67 Å². The maximum atomic E-state index is 12.4. The van der Waals surface area contributed by atoms with Crippen LogP contribution in [0.5, 0.6) is 0 Å². The molecule has 1 N–H and O–H groups in total. The molecular weight excluding hydrogens is 201 g/mol. The van der Waals surface area contributed by atoms with Crippen LogP contribution in [-0.4, -0.2) is 30.7 Å². The van der Waals surface area contributed by atoms with Gasteiger partial charge in [-0.05, 0) is 27.2 Å². The zero-order valence-electron chi connectivity index (χ0n) is 9.38. The van der Waals surface area contributed by atoms with Crippen LogP contribution < -0.4 is 5.32 Å². The molecule has 4 nitrogen and oxygen atoms in total. The minimum atomic E-state index is -0.701. The van der Waals surface area contributed by atoms with E-state index < -0.39 is 24.4 Å². The number of carbonyl (C=O) groups excluding carboxylic acids is 2. The molecule has 1 atom stereocenters. The molecule has 0 aliphatic heterocycles. The van der Waals surface area contributed by atoms with E-state index in [0.29, 0.717) is 12.7 Å². The van der Waals surface area contributed by atoms with Crippen LogP contribution in [0.4, 0.5) is 9.18 Å². The van der Waals surface area contributed by atoms with E-state index in [-0.39, 0.29) is 6.42 Å². The highest BCUT2D eigenvalue weighted by molar-refractivity contribution is 5.68. The smallest absolute Gasteiger partial charge is 0.407 e. The Morgan fingerprint density at radius 1 is 1.53 bits per heavy atom. The third-order valence-electron chi connectivity index (χ3n) is 1.54. The number of nitrogens with one attached hydrogen (secondary N) is 1. The Bertz CT molecular complexity index is 213. The first kappa shape index (κ1) is 13.9. The predicted octanol–water partition coefficient (Wildman–Crippen LogP) is 1.83. The molecule has 0 aliphatic carbocycles. The number of amides is 1. The Hall–Kier alpha value is -1.13. The Morgan fingerprint density at radius 2 is 2.13 bits per heavy atom. The average molecular weight is 219 g/mol. The van der Waals surface area contributed by atoms with Crippen LogP contribution >= 0.6 is 0 Å². The van der Waals surface area contributed by atoms with Crippen molar-refractivity contribution < 1.29 is 18.7 Å². The summed E-state index contributed by atoms with van der Waals surface area (Å²) in [6, 6.07) is -0.648. The van der Waals surface area contributed by atoms with E-state index in [9.17, 15) is 14.0 Å². The van der Waals surface area contributed by atoms with Gasteiger partial charge in [0.2, 0.25) is 0 Å². The van der Waals surface area contributed by atoms with Crippen LogP contribution in [0.25, 0.3) is 0 Å². The first-order chi connectivity index (χ1) is 6.89. The lowest BCUT2D eigenvalue weighted by Crippen LogP contribution is -2.40. The molecule has 0 saturated heterocycles. The van der Waals surface area contributed by atoms with Crippen LogP contribution in [0.2, 0.25) is 0 Å². The van der Waals surface area contributed by atoms with Crippen LogP contribution in [0.3, 0.4) is 0 Å². The molecule has 88 valence electrons.